The highest BCUT2D eigenvalue weighted by atomic mass is 35.5. The molecule has 1 aliphatic heterocycles. The van der Waals surface area contributed by atoms with E-state index in [4.69, 9.17) is 22.1 Å². The van der Waals surface area contributed by atoms with Gasteiger partial charge in [0.15, 0.2) is 5.82 Å². The Balaban J connectivity index is 1.76. The Morgan fingerprint density at radius 3 is 2.67 bits per heavy atom. The standard InChI is InChI=1S/C23H26ClN5O4/c1-33-20-5-2-15(12-17(20)24)13-18-21-16(3-4-19(22(21)25)29(31)32)23(27-26-18)28-9-6-14(7-10-28)8-11-30/h2-5,12,14,30H,6-11,13,25H2,1H3. The molecule has 3 N–H and O–H groups in total. The van der Waals surface area contributed by atoms with Gasteiger partial charge in [0.1, 0.15) is 11.4 Å². The Kier molecular flexibility index (Phi) is 6.80. The maximum absolute atomic E-state index is 11.6. The van der Waals surface area contributed by atoms with E-state index in [0.29, 0.717) is 40.0 Å². The molecule has 1 saturated heterocycles. The summed E-state index contributed by atoms with van der Waals surface area (Å²) in [7, 11) is 1.55. The summed E-state index contributed by atoms with van der Waals surface area (Å²) in [4.78, 5) is 13.2. The molecule has 9 nitrogen and oxygen atoms in total. The van der Waals surface area contributed by atoms with E-state index in [2.05, 4.69) is 15.1 Å². The van der Waals surface area contributed by atoms with Crippen LogP contribution in [0, 0.1) is 16.0 Å². The molecule has 1 fully saturated rings. The lowest BCUT2D eigenvalue weighted by Crippen LogP contribution is -2.35. The fourth-order valence-corrected chi connectivity index (χ4v) is 4.74. The Morgan fingerprint density at radius 1 is 1.27 bits per heavy atom. The van der Waals surface area contributed by atoms with Gasteiger partial charge in [-0.25, -0.2) is 0 Å². The summed E-state index contributed by atoms with van der Waals surface area (Å²) in [6.45, 7) is 1.75. The smallest absolute Gasteiger partial charge is 0.292 e. The second-order valence-electron chi connectivity index (χ2n) is 8.24. The Labute approximate surface area is 196 Å². The van der Waals surface area contributed by atoms with E-state index in [0.717, 1.165) is 43.3 Å². The first-order valence-electron chi connectivity index (χ1n) is 10.8. The number of hydrogen-bond donors (Lipinski definition) is 2. The van der Waals surface area contributed by atoms with Crippen molar-refractivity contribution in [2.45, 2.75) is 25.7 Å². The van der Waals surface area contributed by atoms with Crippen LogP contribution in [-0.2, 0) is 6.42 Å². The van der Waals surface area contributed by atoms with Crippen LogP contribution in [0.2, 0.25) is 5.02 Å². The molecule has 0 aliphatic carbocycles. The number of nitrogens with two attached hydrogens (primary N) is 1. The number of anilines is 2. The summed E-state index contributed by atoms with van der Waals surface area (Å²) in [6.07, 6.45) is 3.04. The van der Waals surface area contributed by atoms with Crippen LogP contribution in [0.25, 0.3) is 10.8 Å². The molecule has 10 heteroatoms. The van der Waals surface area contributed by atoms with Gasteiger partial charge in [-0.3, -0.25) is 10.1 Å². The average molecular weight is 472 g/mol. The van der Waals surface area contributed by atoms with Crippen LogP contribution in [0.5, 0.6) is 5.75 Å². The topological polar surface area (TPSA) is 128 Å². The van der Waals surface area contributed by atoms with Gasteiger partial charge in [0, 0.05) is 43.0 Å². The lowest BCUT2D eigenvalue weighted by atomic mass is 9.93. The highest BCUT2D eigenvalue weighted by molar-refractivity contribution is 6.32. The number of piperidine rings is 1. The third-order valence-corrected chi connectivity index (χ3v) is 6.55. The van der Waals surface area contributed by atoms with Crippen molar-refractivity contribution in [2.75, 3.05) is 37.4 Å². The number of aliphatic hydroxyl groups is 1. The molecule has 0 saturated carbocycles. The van der Waals surface area contributed by atoms with Gasteiger partial charge in [0.05, 0.1) is 22.7 Å². The lowest BCUT2D eigenvalue weighted by Gasteiger charge is -2.33. The average Bonchev–Trinajstić information content (AvgIpc) is 2.80. The van der Waals surface area contributed by atoms with E-state index in [-0.39, 0.29) is 18.0 Å². The molecule has 4 rings (SSSR count). The summed E-state index contributed by atoms with van der Waals surface area (Å²) in [5.74, 6) is 1.72. The predicted molar refractivity (Wildman–Crippen MR) is 128 cm³/mol. The number of rotatable bonds is 7. The Morgan fingerprint density at radius 2 is 2.03 bits per heavy atom. The fraction of sp³-hybridized carbons (Fsp3) is 0.391. The first-order chi connectivity index (χ1) is 15.9. The van der Waals surface area contributed by atoms with Gasteiger partial charge in [-0.2, -0.15) is 5.10 Å². The van der Waals surface area contributed by atoms with Crippen LogP contribution in [-0.4, -0.2) is 47.0 Å². The summed E-state index contributed by atoms with van der Waals surface area (Å²) in [5.41, 5.74) is 7.64. The van der Waals surface area contributed by atoms with Gasteiger partial charge >= 0.3 is 0 Å². The SMILES string of the molecule is COc1ccc(Cc2nnc(N3CCC(CCO)CC3)c3ccc([N+](=O)[O-])c(N)c23)cc1Cl. The van der Waals surface area contributed by atoms with E-state index < -0.39 is 4.92 Å². The molecule has 174 valence electrons. The minimum absolute atomic E-state index is 0.0819. The van der Waals surface area contributed by atoms with Crippen molar-refractivity contribution in [3.05, 3.63) is 56.7 Å². The van der Waals surface area contributed by atoms with Crippen molar-refractivity contribution >= 4 is 39.6 Å². The third kappa shape index (κ3) is 4.65. The molecule has 0 atom stereocenters. The van der Waals surface area contributed by atoms with Gasteiger partial charge in [0.2, 0.25) is 0 Å². The number of fused-ring (bicyclic) bond motifs is 1. The maximum Gasteiger partial charge on any atom is 0.292 e. The summed E-state index contributed by atoms with van der Waals surface area (Å²) in [6, 6.07) is 8.55. The number of nitrogen functional groups attached to an aromatic ring is 1. The summed E-state index contributed by atoms with van der Waals surface area (Å²) in [5, 5.41) is 31.5. The van der Waals surface area contributed by atoms with Crippen LogP contribution in [0.3, 0.4) is 0 Å². The summed E-state index contributed by atoms with van der Waals surface area (Å²) >= 11 is 6.28. The first kappa shape index (κ1) is 23.0. The molecule has 0 radical (unpaired) electrons. The van der Waals surface area contributed by atoms with Crippen molar-refractivity contribution in [1.29, 1.82) is 0 Å². The normalized spacial score (nSPS) is 14.6. The predicted octanol–water partition coefficient (Wildman–Crippen LogP) is 3.97. The van der Waals surface area contributed by atoms with E-state index in [9.17, 15) is 15.2 Å². The number of nitrogens with zero attached hydrogens (tertiary/aromatic N) is 4. The zero-order valence-electron chi connectivity index (χ0n) is 18.3. The second kappa shape index (κ2) is 9.76. The number of aliphatic hydroxyl groups excluding tert-OH is 1. The molecule has 0 unspecified atom stereocenters. The molecular formula is C23H26ClN5O4. The van der Waals surface area contributed by atoms with Crippen molar-refractivity contribution in [3.8, 4) is 5.75 Å². The molecule has 0 spiro atoms. The molecule has 1 aliphatic rings. The number of ether oxygens (including phenoxy) is 1. The minimum atomic E-state index is -0.483. The Bertz CT molecular complexity index is 1180. The van der Waals surface area contributed by atoms with E-state index >= 15 is 0 Å². The third-order valence-electron chi connectivity index (χ3n) is 6.25. The van der Waals surface area contributed by atoms with Crippen LogP contribution in [0.4, 0.5) is 17.2 Å². The van der Waals surface area contributed by atoms with E-state index in [1.807, 2.05) is 6.07 Å². The number of nitro groups is 1. The molecular weight excluding hydrogens is 446 g/mol. The van der Waals surface area contributed by atoms with Crippen molar-refractivity contribution in [1.82, 2.24) is 10.2 Å². The summed E-state index contributed by atoms with van der Waals surface area (Å²) < 4.78 is 5.21. The molecule has 33 heavy (non-hydrogen) atoms. The van der Waals surface area contributed by atoms with Gasteiger partial charge in [-0.15, -0.1) is 5.10 Å². The van der Waals surface area contributed by atoms with Gasteiger partial charge in [-0.1, -0.05) is 17.7 Å². The fourth-order valence-electron chi connectivity index (χ4n) is 4.46. The van der Waals surface area contributed by atoms with Crippen molar-refractivity contribution in [2.24, 2.45) is 5.92 Å². The van der Waals surface area contributed by atoms with Crippen molar-refractivity contribution < 1.29 is 14.8 Å². The molecule has 0 amide bonds. The number of hydrogen-bond acceptors (Lipinski definition) is 8. The van der Waals surface area contributed by atoms with Crippen LogP contribution >= 0.6 is 11.6 Å². The first-order valence-corrected chi connectivity index (χ1v) is 11.2. The van der Waals surface area contributed by atoms with E-state index in [1.165, 1.54) is 6.07 Å². The highest BCUT2D eigenvalue weighted by Crippen LogP contribution is 2.38. The number of benzene rings is 2. The quantitative estimate of drug-likeness (QED) is 0.301. The maximum atomic E-state index is 11.6. The monoisotopic (exact) mass is 471 g/mol. The Hall–Kier alpha value is -3.17. The molecule has 2 aromatic carbocycles. The molecule has 0 bridgehead atoms. The van der Waals surface area contributed by atoms with E-state index in [1.54, 1.807) is 25.3 Å². The van der Waals surface area contributed by atoms with Crippen molar-refractivity contribution in [3.63, 3.8) is 0 Å². The molecule has 2 heterocycles. The lowest BCUT2D eigenvalue weighted by molar-refractivity contribution is -0.383. The number of halogens is 1. The van der Waals surface area contributed by atoms with Crippen LogP contribution in [0.1, 0.15) is 30.5 Å². The van der Waals surface area contributed by atoms with Gasteiger partial charge < -0.3 is 20.5 Å². The molecule has 3 aromatic rings. The molecule has 1 aromatic heterocycles. The largest absolute Gasteiger partial charge is 0.495 e. The van der Waals surface area contributed by atoms with Gasteiger partial charge in [0.25, 0.3) is 5.69 Å². The van der Waals surface area contributed by atoms with Crippen LogP contribution < -0.4 is 15.4 Å². The minimum Gasteiger partial charge on any atom is -0.495 e. The highest BCUT2D eigenvalue weighted by Gasteiger charge is 2.25. The number of methoxy groups -OCH3 is 1. The van der Waals surface area contributed by atoms with Gasteiger partial charge in [-0.05, 0) is 48.9 Å². The second-order valence-corrected chi connectivity index (χ2v) is 8.64. The van der Waals surface area contributed by atoms with Crippen LogP contribution in [0.15, 0.2) is 30.3 Å². The number of nitro benzene ring substituents is 1. The zero-order valence-corrected chi connectivity index (χ0v) is 19.1. The zero-order chi connectivity index (χ0) is 23.5. The number of aromatic nitrogens is 2.